The number of carbonyl (C=O) groups excluding carboxylic acids is 1. The first-order valence-corrected chi connectivity index (χ1v) is 11.3. The SMILES string of the molecule is O=C1NCCCCCCN(Cc2ccncc2)[C@@H]2CN(Cc3ccccn3)CC[C@H]12. The minimum Gasteiger partial charge on any atom is -0.356 e. The van der Waals surface area contributed by atoms with Gasteiger partial charge in [0, 0.05) is 50.8 Å². The van der Waals surface area contributed by atoms with Crippen molar-refractivity contribution in [3.8, 4) is 0 Å². The molecule has 0 aliphatic carbocycles. The van der Waals surface area contributed by atoms with Gasteiger partial charge in [-0.2, -0.15) is 0 Å². The Morgan fingerprint density at radius 2 is 1.83 bits per heavy atom. The molecule has 0 aromatic carbocycles. The van der Waals surface area contributed by atoms with Crippen molar-refractivity contribution in [3.63, 3.8) is 0 Å². The van der Waals surface area contributed by atoms with Crippen molar-refractivity contribution in [3.05, 3.63) is 60.2 Å². The quantitative estimate of drug-likeness (QED) is 0.845. The first kappa shape index (κ1) is 20.9. The van der Waals surface area contributed by atoms with Crippen molar-refractivity contribution < 1.29 is 4.79 Å². The van der Waals surface area contributed by atoms with E-state index in [0.717, 1.165) is 57.8 Å². The molecular weight excluding hydrogens is 374 g/mol. The maximum atomic E-state index is 13.1. The molecule has 0 spiro atoms. The fourth-order valence-corrected chi connectivity index (χ4v) is 4.76. The molecule has 2 aromatic heterocycles. The highest BCUT2D eigenvalue weighted by Gasteiger charge is 2.37. The van der Waals surface area contributed by atoms with E-state index in [2.05, 4.69) is 43.3 Å². The molecule has 4 heterocycles. The van der Waals surface area contributed by atoms with Gasteiger partial charge in [0.1, 0.15) is 0 Å². The van der Waals surface area contributed by atoms with E-state index in [9.17, 15) is 4.79 Å². The predicted molar refractivity (Wildman–Crippen MR) is 118 cm³/mol. The summed E-state index contributed by atoms with van der Waals surface area (Å²) in [5.74, 6) is 0.282. The fourth-order valence-electron chi connectivity index (χ4n) is 4.76. The number of hydrogen-bond acceptors (Lipinski definition) is 5. The van der Waals surface area contributed by atoms with E-state index in [4.69, 9.17) is 0 Å². The van der Waals surface area contributed by atoms with E-state index < -0.39 is 0 Å². The van der Waals surface area contributed by atoms with Crippen LogP contribution in [0.25, 0.3) is 0 Å². The zero-order chi connectivity index (χ0) is 20.6. The summed E-state index contributed by atoms with van der Waals surface area (Å²) in [4.78, 5) is 26.8. The minimum absolute atomic E-state index is 0.0462. The Balaban J connectivity index is 1.54. The molecule has 0 saturated carbocycles. The molecule has 2 aromatic rings. The largest absolute Gasteiger partial charge is 0.356 e. The van der Waals surface area contributed by atoms with E-state index in [-0.39, 0.29) is 17.9 Å². The van der Waals surface area contributed by atoms with Crippen molar-refractivity contribution >= 4 is 5.91 Å². The van der Waals surface area contributed by atoms with Crippen LogP contribution in [-0.4, -0.2) is 57.9 Å². The third-order valence-electron chi connectivity index (χ3n) is 6.39. The van der Waals surface area contributed by atoms with Gasteiger partial charge in [0.25, 0.3) is 0 Å². The Labute approximate surface area is 179 Å². The van der Waals surface area contributed by atoms with Gasteiger partial charge in [0.05, 0.1) is 11.6 Å². The van der Waals surface area contributed by atoms with Crippen LogP contribution in [0, 0.1) is 5.92 Å². The first-order chi connectivity index (χ1) is 14.8. The molecule has 2 saturated heterocycles. The zero-order valence-corrected chi connectivity index (χ0v) is 17.7. The smallest absolute Gasteiger partial charge is 0.224 e. The summed E-state index contributed by atoms with van der Waals surface area (Å²) in [7, 11) is 0. The second kappa shape index (κ2) is 10.6. The number of likely N-dealkylation sites (tertiary alicyclic amines) is 1. The number of fused-ring (bicyclic) bond motifs is 1. The fraction of sp³-hybridized carbons (Fsp3) is 0.542. The second-order valence-electron chi connectivity index (χ2n) is 8.55. The van der Waals surface area contributed by atoms with Gasteiger partial charge in [-0.25, -0.2) is 0 Å². The van der Waals surface area contributed by atoms with Crippen LogP contribution in [0.15, 0.2) is 48.9 Å². The van der Waals surface area contributed by atoms with E-state index in [1.807, 2.05) is 30.7 Å². The highest BCUT2D eigenvalue weighted by atomic mass is 16.1. The molecule has 2 aliphatic rings. The summed E-state index contributed by atoms with van der Waals surface area (Å²) >= 11 is 0. The molecule has 0 bridgehead atoms. The van der Waals surface area contributed by atoms with Gasteiger partial charge in [0.2, 0.25) is 5.91 Å². The van der Waals surface area contributed by atoms with Gasteiger partial charge >= 0.3 is 0 Å². The van der Waals surface area contributed by atoms with E-state index in [1.54, 1.807) is 0 Å². The molecule has 2 fully saturated rings. The molecular formula is C24H33N5O. The third-order valence-corrected chi connectivity index (χ3v) is 6.39. The average molecular weight is 408 g/mol. The van der Waals surface area contributed by atoms with Crippen LogP contribution in [0.1, 0.15) is 43.4 Å². The minimum atomic E-state index is 0.0462. The van der Waals surface area contributed by atoms with Gasteiger partial charge in [0.15, 0.2) is 0 Å². The normalized spacial score (nSPS) is 24.5. The molecule has 0 radical (unpaired) electrons. The number of pyridine rings is 2. The summed E-state index contributed by atoms with van der Waals surface area (Å²) in [5.41, 5.74) is 2.36. The number of nitrogens with zero attached hydrogens (tertiary/aromatic N) is 4. The van der Waals surface area contributed by atoms with Crippen LogP contribution < -0.4 is 5.32 Å². The van der Waals surface area contributed by atoms with Crippen LogP contribution in [0.4, 0.5) is 0 Å². The number of carbonyl (C=O) groups is 1. The van der Waals surface area contributed by atoms with Gasteiger partial charge in [-0.15, -0.1) is 0 Å². The number of piperidine rings is 1. The highest BCUT2D eigenvalue weighted by molar-refractivity contribution is 5.79. The summed E-state index contributed by atoms with van der Waals surface area (Å²) in [5, 5.41) is 3.22. The van der Waals surface area contributed by atoms with E-state index in [0.29, 0.717) is 0 Å². The lowest BCUT2D eigenvalue weighted by Gasteiger charge is -2.43. The van der Waals surface area contributed by atoms with E-state index >= 15 is 0 Å². The summed E-state index contributed by atoms with van der Waals surface area (Å²) in [6.45, 7) is 5.40. The van der Waals surface area contributed by atoms with Crippen molar-refractivity contribution in [2.24, 2.45) is 5.92 Å². The molecule has 1 amide bonds. The number of amides is 1. The van der Waals surface area contributed by atoms with Crippen LogP contribution in [0.5, 0.6) is 0 Å². The molecule has 2 atom stereocenters. The van der Waals surface area contributed by atoms with Crippen molar-refractivity contribution in [2.75, 3.05) is 26.2 Å². The van der Waals surface area contributed by atoms with Crippen molar-refractivity contribution in [1.82, 2.24) is 25.1 Å². The predicted octanol–water partition coefficient (Wildman–Crippen LogP) is 2.86. The van der Waals surface area contributed by atoms with Crippen LogP contribution >= 0.6 is 0 Å². The number of rotatable bonds is 4. The van der Waals surface area contributed by atoms with Gasteiger partial charge in [-0.3, -0.25) is 24.6 Å². The molecule has 2 aliphatic heterocycles. The molecule has 6 nitrogen and oxygen atoms in total. The van der Waals surface area contributed by atoms with E-state index in [1.165, 1.54) is 24.8 Å². The van der Waals surface area contributed by atoms with Gasteiger partial charge < -0.3 is 5.32 Å². The zero-order valence-electron chi connectivity index (χ0n) is 17.7. The second-order valence-corrected chi connectivity index (χ2v) is 8.55. The average Bonchev–Trinajstić information content (AvgIpc) is 2.81. The van der Waals surface area contributed by atoms with Crippen LogP contribution in [0.2, 0.25) is 0 Å². The van der Waals surface area contributed by atoms with Gasteiger partial charge in [-0.1, -0.05) is 18.9 Å². The lowest BCUT2D eigenvalue weighted by atomic mass is 9.88. The number of hydrogen-bond donors (Lipinski definition) is 1. The Hall–Kier alpha value is -2.31. The maximum Gasteiger partial charge on any atom is 0.224 e. The summed E-state index contributed by atoms with van der Waals surface area (Å²) in [6.07, 6.45) is 11.2. The van der Waals surface area contributed by atoms with Crippen LogP contribution in [-0.2, 0) is 17.9 Å². The standard InChI is InChI=1S/C24H33N5O/c30-24-22-10-16-28(18-21-7-3-5-11-26-21)19-23(22)29(15-6-2-1-4-12-27-24)17-20-8-13-25-14-9-20/h3,5,7-9,11,13-14,22-23H,1-2,4,6,10,12,15-19H2,(H,27,30)/t22-,23+/m0/s1. The number of aromatic nitrogens is 2. The Morgan fingerprint density at radius 3 is 2.67 bits per heavy atom. The third kappa shape index (κ3) is 5.64. The Bertz CT molecular complexity index is 785. The molecule has 4 rings (SSSR count). The first-order valence-electron chi connectivity index (χ1n) is 11.3. The monoisotopic (exact) mass is 407 g/mol. The maximum absolute atomic E-state index is 13.1. The molecule has 160 valence electrons. The van der Waals surface area contributed by atoms with Crippen LogP contribution in [0.3, 0.4) is 0 Å². The molecule has 6 heteroatoms. The highest BCUT2D eigenvalue weighted by Crippen LogP contribution is 2.26. The lowest BCUT2D eigenvalue weighted by molar-refractivity contribution is -0.129. The Morgan fingerprint density at radius 1 is 0.967 bits per heavy atom. The molecule has 0 unspecified atom stereocenters. The summed E-state index contributed by atoms with van der Waals surface area (Å²) in [6, 6.07) is 10.5. The topological polar surface area (TPSA) is 61.4 Å². The number of nitrogens with one attached hydrogen (secondary N) is 1. The molecule has 1 N–H and O–H groups in total. The molecule has 30 heavy (non-hydrogen) atoms. The summed E-state index contributed by atoms with van der Waals surface area (Å²) < 4.78 is 0. The Kier molecular flexibility index (Phi) is 7.43. The van der Waals surface area contributed by atoms with Crippen molar-refractivity contribution in [1.29, 1.82) is 0 Å². The van der Waals surface area contributed by atoms with Gasteiger partial charge in [-0.05, 0) is 62.2 Å². The van der Waals surface area contributed by atoms with Crippen molar-refractivity contribution in [2.45, 2.75) is 51.2 Å². The lowest BCUT2D eigenvalue weighted by Crippen LogP contribution is -2.56.